The molecule has 0 saturated carbocycles. The van der Waals surface area contributed by atoms with Crippen molar-refractivity contribution in [2.45, 2.75) is 13.3 Å². The number of primary amides is 1. The van der Waals surface area contributed by atoms with Gasteiger partial charge in [-0.15, -0.1) is 0 Å². The molecule has 1 aromatic rings. The molecule has 1 fully saturated rings. The van der Waals surface area contributed by atoms with Crippen molar-refractivity contribution in [1.29, 1.82) is 0 Å². The summed E-state index contributed by atoms with van der Waals surface area (Å²) in [5.41, 5.74) is 12.8. The van der Waals surface area contributed by atoms with Crippen molar-refractivity contribution in [2.75, 3.05) is 30.3 Å². The van der Waals surface area contributed by atoms with E-state index < -0.39 is 0 Å². The Hall–Kier alpha value is -1.91. The average Bonchev–Trinajstić information content (AvgIpc) is 2.78. The summed E-state index contributed by atoms with van der Waals surface area (Å²) in [6, 6.07) is 5.64. The SMILES string of the molecule is CCOc1cc(N)cc(N2CCC(C(N)=O)C2)c1. The maximum atomic E-state index is 11.2. The lowest BCUT2D eigenvalue weighted by molar-refractivity contribution is -0.121. The maximum absolute atomic E-state index is 11.2. The van der Waals surface area contributed by atoms with Gasteiger partial charge in [-0.2, -0.15) is 0 Å². The largest absolute Gasteiger partial charge is 0.494 e. The molecule has 1 heterocycles. The lowest BCUT2D eigenvalue weighted by atomic mass is 10.1. The monoisotopic (exact) mass is 249 g/mol. The third-order valence-electron chi connectivity index (χ3n) is 3.18. The summed E-state index contributed by atoms with van der Waals surface area (Å²) >= 11 is 0. The number of hydrogen-bond acceptors (Lipinski definition) is 4. The van der Waals surface area contributed by atoms with Crippen LogP contribution in [-0.4, -0.2) is 25.6 Å². The molecule has 1 aromatic carbocycles. The van der Waals surface area contributed by atoms with E-state index in [0.29, 0.717) is 18.8 Å². The predicted molar refractivity (Wildman–Crippen MR) is 71.5 cm³/mol. The van der Waals surface area contributed by atoms with Gasteiger partial charge in [0.2, 0.25) is 5.91 Å². The average molecular weight is 249 g/mol. The summed E-state index contributed by atoms with van der Waals surface area (Å²) in [6.45, 7) is 4.02. The highest BCUT2D eigenvalue weighted by Crippen LogP contribution is 2.29. The topological polar surface area (TPSA) is 81.6 Å². The molecule has 2 rings (SSSR count). The molecule has 1 saturated heterocycles. The van der Waals surface area contributed by atoms with Crippen molar-refractivity contribution in [3.63, 3.8) is 0 Å². The molecule has 4 N–H and O–H groups in total. The minimum Gasteiger partial charge on any atom is -0.494 e. The molecule has 0 aromatic heterocycles. The van der Waals surface area contributed by atoms with Crippen LogP contribution < -0.4 is 21.1 Å². The fourth-order valence-corrected chi connectivity index (χ4v) is 2.27. The third-order valence-corrected chi connectivity index (χ3v) is 3.18. The Balaban J connectivity index is 2.16. The van der Waals surface area contributed by atoms with Gasteiger partial charge in [0.25, 0.3) is 0 Å². The van der Waals surface area contributed by atoms with Crippen LogP contribution in [0.2, 0.25) is 0 Å². The smallest absolute Gasteiger partial charge is 0.222 e. The highest BCUT2D eigenvalue weighted by atomic mass is 16.5. The van der Waals surface area contributed by atoms with Crippen molar-refractivity contribution >= 4 is 17.3 Å². The number of rotatable bonds is 4. The number of carbonyl (C=O) groups excluding carboxylic acids is 1. The summed E-state index contributed by atoms with van der Waals surface area (Å²) in [6.07, 6.45) is 0.800. The second-order valence-electron chi connectivity index (χ2n) is 4.53. The molecule has 5 nitrogen and oxygen atoms in total. The van der Waals surface area contributed by atoms with Gasteiger partial charge < -0.3 is 21.1 Å². The van der Waals surface area contributed by atoms with E-state index in [9.17, 15) is 4.79 Å². The number of hydrogen-bond donors (Lipinski definition) is 2. The van der Waals surface area contributed by atoms with E-state index >= 15 is 0 Å². The predicted octanol–water partition coefficient (Wildman–Crippen LogP) is 0.979. The number of nitrogens with two attached hydrogens (primary N) is 2. The van der Waals surface area contributed by atoms with Gasteiger partial charge in [0, 0.05) is 36.6 Å². The highest BCUT2D eigenvalue weighted by molar-refractivity contribution is 5.78. The first-order valence-electron chi connectivity index (χ1n) is 6.17. The Bertz CT molecular complexity index is 448. The van der Waals surface area contributed by atoms with E-state index in [-0.39, 0.29) is 11.8 Å². The first-order chi connectivity index (χ1) is 8.60. The zero-order chi connectivity index (χ0) is 13.1. The van der Waals surface area contributed by atoms with Crippen molar-refractivity contribution in [1.82, 2.24) is 0 Å². The van der Waals surface area contributed by atoms with Gasteiger partial charge in [-0.25, -0.2) is 0 Å². The van der Waals surface area contributed by atoms with Gasteiger partial charge in [0.1, 0.15) is 5.75 Å². The molecule has 1 atom stereocenters. The molecule has 1 unspecified atom stereocenters. The van der Waals surface area contributed by atoms with Crippen molar-refractivity contribution in [3.05, 3.63) is 18.2 Å². The van der Waals surface area contributed by atoms with Gasteiger partial charge in [0.05, 0.1) is 12.5 Å². The van der Waals surface area contributed by atoms with Crippen molar-refractivity contribution in [3.8, 4) is 5.75 Å². The minimum absolute atomic E-state index is 0.0676. The Labute approximate surface area is 107 Å². The number of amides is 1. The Morgan fingerprint density at radius 1 is 1.50 bits per heavy atom. The molecule has 1 amide bonds. The van der Waals surface area contributed by atoms with E-state index in [1.165, 1.54) is 0 Å². The van der Waals surface area contributed by atoms with Crippen LogP contribution in [0, 0.1) is 5.92 Å². The van der Waals surface area contributed by atoms with Crippen LogP contribution >= 0.6 is 0 Å². The first-order valence-corrected chi connectivity index (χ1v) is 6.17. The minimum atomic E-state index is -0.230. The molecule has 1 aliphatic rings. The first kappa shape index (κ1) is 12.5. The molecule has 1 aliphatic heterocycles. The number of benzene rings is 1. The number of anilines is 2. The van der Waals surface area contributed by atoms with E-state index in [1.807, 2.05) is 19.1 Å². The molecular formula is C13H19N3O2. The zero-order valence-electron chi connectivity index (χ0n) is 10.6. The van der Waals surface area contributed by atoms with Gasteiger partial charge in [0.15, 0.2) is 0 Å². The summed E-state index contributed by atoms with van der Waals surface area (Å²) in [5, 5.41) is 0. The molecule has 18 heavy (non-hydrogen) atoms. The highest BCUT2D eigenvalue weighted by Gasteiger charge is 2.27. The molecular weight excluding hydrogens is 230 g/mol. The number of ether oxygens (including phenoxy) is 1. The van der Waals surface area contributed by atoms with Crippen LogP contribution in [0.3, 0.4) is 0 Å². The quantitative estimate of drug-likeness (QED) is 0.779. The Morgan fingerprint density at radius 2 is 2.28 bits per heavy atom. The van der Waals surface area contributed by atoms with Crippen LogP contribution in [0.25, 0.3) is 0 Å². The molecule has 0 radical (unpaired) electrons. The van der Waals surface area contributed by atoms with E-state index in [0.717, 1.165) is 24.4 Å². The van der Waals surface area contributed by atoms with E-state index in [4.69, 9.17) is 16.2 Å². The van der Waals surface area contributed by atoms with Crippen LogP contribution in [0.1, 0.15) is 13.3 Å². The van der Waals surface area contributed by atoms with Gasteiger partial charge in [-0.1, -0.05) is 0 Å². The molecule has 0 bridgehead atoms. The Morgan fingerprint density at radius 3 is 2.89 bits per heavy atom. The fraction of sp³-hybridized carbons (Fsp3) is 0.462. The zero-order valence-corrected chi connectivity index (χ0v) is 10.6. The van der Waals surface area contributed by atoms with Crippen LogP contribution in [0.4, 0.5) is 11.4 Å². The molecule has 5 heteroatoms. The van der Waals surface area contributed by atoms with E-state index in [2.05, 4.69) is 4.90 Å². The summed E-state index contributed by atoms with van der Waals surface area (Å²) in [5.74, 6) is 0.462. The van der Waals surface area contributed by atoms with Gasteiger partial charge >= 0.3 is 0 Å². The molecule has 98 valence electrons. The summed E-state index contributed by atoms with van der Waals surface area (Å²) in [7, 11) is 0. The standard InChI is InChI=1S/C13H19N3O2/c1-2-18-12-6-10(14)5-11(7-12)16-4-3-9(8-16)13(15)17/h5-7,9H,2-4,8,14H2,1H3,(H2,15,17). The lowest BCUT2D eigenvalue weighted by Gasteiger charge is -2.19. The van der Waals surface area contributed by atoms with Crippen molar-refractivity contribution in [2.24, 2.45) is 11.7 Å². The number of nitrogens with zero attached hydrogens (tertiary/aromatic N) is 1. The lowest BCUT2D eigenvalue weighted by Crippen LogP contribution is -2.27. The number of carbonyl (C=O) groups is 1. The number of nitrogen functional groups attached to an aromatic ring is 1. The summed E-state index contributed by atoms with van der Waals surface area (Å²) in [4.78, 5) is 13.3. The van der Waals surface area contributed by atoms with Gasteiger partial charge in [-0.3, -0.25) is 4.79 Å². The summed E-state index contributed by atoms with van der Waals surface area (Å²) < 4.78 is 5.46. The van der Waals surface area contributed by atoms with E-state index in [1.54, 1.807) is 6.07 Å². The van der Waals surface area contributed by atoms with Crippen LogP contribution in [-0.2, 0) is 4.79 Å². The second kappa shape index (κ2) is 5.16. The maximum Gasteiger partial charge on any atom is 0.222 e. The fourth-order valence-electron chi connectivity index (χ4n) is 2.27. The molecule has 0 spiro atoms. The van der Waals surface area contributed by atoms with Crippen LogP contribution in [0.15, 0.2) is 18.2 Å². The van der Waals surface area contributed by atoms with Gasteiger partial charge in [-0.05, 0) is 19.4 Å². The normalized spacial score (nSPS) is 18.9. The molecule has 0 aliphatic carbocycles. The second-order valence-corrected chi connectivity index (χ2v) is 4.53. The Kier molecular flexibility index (Phi) is 3.60. The van der Waals surface area contributed by atoms with Crippen LogP contribution in [0.5, 0.6) is 5.75 Å². The van der Waals surface area contributed by atoms with Crippen molar-refractivity contribution < 1.29 is 9.53 Å². The third kappa shape index (κ3) is 2.67.